The molecule has 4 nitrogen and oxygen atoms in total. The molecule has 0 aromatic heterocycles. The maximum Gasteiger partial charge on any atom is 0.299 e. The molecular formula is C9H10BrFN2O2. The number of benzene rings is 1. The second-order valence-electron chi connectivity index (χ2n) is 3.43. The lowest BCUT2D eigenvalue weighted by Crippen LogP contribution is -2.05. The van der Waals surface area contributed by atoms with Gasteiger partial charge < -0.3 is 5.73 Å². The van der Waals surface area contributed by atoms with Crippen LogP contribution < -0.4 is 5.73 Å². The Labute approximate surface area is 94.6 Å². The van der Waals surface area contributed by atoms with Gasteiger partial charge in [-0.3, -0.25) is 10.1 Å². The predicted octanol–water partition coefficient (Wildman–Crippen LogP) is 3.20. The molecule has 0 aliphatic heterocycles. The topological polar surface area (TPSA) is 69.2 Å². The molecule has 0 saturated carbocycles. The van der Waals surface area contributed by atoms with Crippen LogP contribution in [0.25, 0.3) is 0 Å². The molecule has 0 spiro atoms. The van der Waals surface area contributed by atoms with E-state index in [4.69, 9.17) is 5.73 Å². The summed E-state index contributed by atoms with van der Waals surface area (Å²) in [6.45, 7) is 3.56. The van der Waals surface area contributed by atoms with Crippen molar-refractivity contribution in [1.82, 2.24) is 0 Å². The fourth-order valence-corrected chi connectivity index (χ4v) is 2.23. The van der Waals surface area contributed by atoms with Crippen molar-refractivity contribution in [1.29, 1.82) is 0 Å². The fraction of sp³-hybridized carbons (Fsp3) is 0.333. The predicted molar refractivity (Wildman–Crippen MR) is 59.3 cm³/mol. The molecule has 0 heterocycles. The van der Waals surface area contributed by atoms with E-state index in [9.17, 15) is 14.5 Å². The van der Waals surface area contributed by atoms with Gasteiger partial charge in [-0.05, 0) is 12.0 Å². The zero-order valence-corrected chi connectivity index (χ0v) is 9.84. The number of nitro groups is 1. The van der Waals surface area contributed by atoms with Crippen molar-refractivity contribution in [3.05, 3.63) is 32.0 Å². The molecule has 0 radical (unpaired) electrons. The Hall–Kier alpha value is -1.17. The van der Waals surface area contributed by atoms with E-state index in [-0.39, 0.29) is 11.6 Å². The standard InChI is InChI=1S/C9H10BrFN2O2/c1-4(2)7-5(10)3-6(11)8(12)9(7)13(14)15/h3-4H,12H2,1-2H3. The smallest absolute Gasteiger partial charge is 0.299 e. The summed E-state index contributed by atoms with van der Waals surface area (Å²) in [6.07, 6.45) is 0. The van der Waals surface area contributed by atoms with Crippen molar-refractivity contribution in [2.45, 2.75) is 19.8 Å². The highest BCUT2D eigenvalue weighted by Crippen LogP contribution is 2.38. The van der Waals surface area contributed by atoms with Gasteiger partial charge in [0.15, 0.2) is 5.82 Å². The third-order valence-electron chi connectivity index (χ3n) is 2.04. The summed E-state index contributed by atoms with van der Waals surface area (Å²) in [5.41, 5.74) is 5.01. The number of halogens is 2. The Bertz CT molecular complexity index is 421. The van der Waals surface area contributed by atoms with E-state index in [2.05, 4.69) is 15.9 Å². The SMILES string of the molecule is CC(C)c1c(Br)cc(F)c(N)c1[N+](=O)[O-]. The van der Waals surface area contributed by atoms with Crippen molar-refractivity contribution in [3.63, 3.8) is 0 Å². The Morgan fingerprint density at radius 1 is 1.60 bits per heavy atom. The third kappa shape index (κ3) is 2.09. The van der Waals surface area contributed by atoms with Crippen molar-refractivity contribution in [3.8, 4) is 0 Å². The van der Waals surface area contributed by atoms with Crippen LogP contribution >= 0.6 is 15.9 Å². The van der Waals surface area contributed by atoms with E-state index in [0.29, 0.717) is 10.0 Å². The van der Waals surface area contributed by atoms with E-state index in [1.807, 2.05) is 0 Å². The first kappa shape index (κ1) is 11.9. The second kappa shape index (κ2) is 4.14. The molecule has 82 valence electrons. The molecule has 0 atom stereocenters. The maximum atomic E-state index is 13.2. The largest absolute Gasteiger partial charge is 0.391 e. The van der Waals surface area contributed by atoms with Crippen LogP contribution in [0.5, 0.6) is 0 Å². The summed E-state index contributed by atoms with van der Waals surface area (Å²) >= 11 is 3.10. The van der Waals surface area contributed by atoms with Crippen LogP contribution in [0.1, 0.15) is 25.3 Å². The second-order valence-corrected chi connectivity index (χ2v) is 4.28. The molecular weight excluding hydrogens is 267 g/mol. The Morgan fingerprint density at radius 2 is 2.13 bits per heavy atom. The van der Waals surface area contributed by atoms with Crippen molar-refractivity contribution in [2.75, 3.05) is 5.73 Å². The van der Waals surface area contributed by atoms with Gasteiger partial charge in [0.2, 0.25) is 0 Å². The van der Waals surface area contributed by atoms with Crippen molar-refractivity contribution < 1.29 is 9.31 Å². The number of hydrogen-bond acceptors (Lipinski definition) is 3. The Morgan fingerprint density at radius 3 is 2.53 bits per heavy atom. The highest BCUT2D eigenvalue weighted by Gasteiger charge is 2.26. The molecule has 1 rings (SSSR count). The zero-order chi connectivity index (χ0) is 11.7. The summed E-state index contributed by atoms with van der Waals surface area (Å²) in [5, 5.41) is 10.8. The molecule has 0 amide bonds. The van der Waals surface area contributed by atoms with Gasteiger partial charge in [0, 0.05) is 10.0 Å². The number of rotatable bonds is 2. The van der Waals surface area contributed by atoms with Crippen LogP contribution in [-0.2, 0) is 0 Å². The van der Waals surface area contributed by atoms with Crippen LogP contribution in [0.3, 0.4) is 0 Å². The lowest BCUT2D eigenvalue weighted by Gasteiger charge is -2.11. The summed E-state index contributed by atoms with van der Waals surface area (Å²) in [6, 6.07) is 1.15. The first-order valence-corrected chi connectivity index (χ1v) is 5.07. The molecule has 0 bridgehead atoms. The van der Waals surface area contributed by atoms with Gasteiger partial charge >= 0.3 is 0 Å². The van der Waals surface area contributed by atoms with E-state index < -0.39 is 16.4 Å². The lowest BCUT2D eigenvalue weighted by atomic mass is 10.00. The number of anilines is 1. The van der Waals surface area contributed by atoms with Crippen molar-refractivity contribution in [2.24, 2.45) is 0 Å². The molecule has 0 aliphatic rings. The molecule has 15 heavy (non-hydrogen) atoms. The molecule has 0 aliphatic carbocycles. The Balaban J connectivity index is 3.62. The quantitative estimate of drug-likeness (QED) is 0.512. The molecule has 0 fully saturated rings. The molecule has 1 aromatic carbocycles. The van der Waals surface area contributed by atoms with Gasteiger partial charge in [0.25, 0.3) is 5.69 Å². The summed E-state index contributed by atoms with van der Waals surface area (Å²) in [7, 11) is 0. The number of nitrogen functional groups attached to an aromatic ring is 1. The number of nitrogens with two attached hydrogens (primary N) is 1. The van der Waals surface area contributed by atoms with Gasteiger partial charge in [0.1, 0.15) is 5.69 Å². The zero-order valence-electron chi connectivity index (χ0n) is 8.25. The minimum absolute atomic E-state index is 0.109. The van der Waals surface area contributed by atoms with E-state index in [1.165, 1.54) is 0 Å². The highest BCUT2D eigenvalue weighted by atomic mass is 79.9. The van der Waals surface area contributed by atoms with Gasteiger partial charge in [-0.2, -0.15) is 0 Å². The summed E-state index contributed by atoms with van der Waals surface area (Å²) < 4.78 is 13.6. The van der Waals surface area contributed by atoms with Crippen molar-refractivity contribution >= 4 is 27.3 Å². The van der Waals surface area contributed by atoms with Gasteiger partial charge in [-0.15, -0.1) is 0 Å². The van der Waals surface area contributed by atoms with Crippen LogP contribution in [0.2, 0.25) is 0 Å². The minimum Gasteiger partial charge on any atom is -0.391 e. The lowest BCUT2D eigenvalue weighted by molar-refractivity contribution is -0.384. The summed E-state index contributed by atoms with van der Waals surface area (Å²) in [5.74, 6) is -0.888. The minimum atomic E-state index is -0.780. The molecule has 6 heteroatoms. The monoisotopic (exact) mass is 276 g/mol. The fourth-order valence-electron chi connectivity index (χ4n) is 1.38. The van der Waals surface area contributed by atoms with E-state index in [1.54, 1.807) is 13.8 Å². The third-order valence-corrected chi connectivity index (χ3v) is 2.69. The Kier molecular flexibility index (Phi) is 3.28. The van der Waals surface area contributed by atoms with Gasteiger partial charge in [-0.25, -0.2) is 4.39 Å². The number of nitro benzene ring substituents is 1. The molecule has 2 N–H and O–H groups in total. The first-order valence-electron chi connectivity index (χ1n) is 4.28. The maximum absolute atomic E-state index is 13.2. The van der Waals surface area contributed by atoms with E-state index >= 15 is 0 Å². The average molecular weight is 277 g/mol. The van der Waals surface area contributed by atoms with Crippen LogP contribution in [0.15, 0.2) is 10.5 Å². The summed E-state index contributed by atoms with van der Waals surface area (Å²) in [4.78, 5) is 10.1. The van der Waals surface area contributed by atoms with Crippen LogP contribution in [0.4, 0.5) is 15.8 Å². The molecule has 0 saturated heterocycles. The number of hydrogen-bond donors (Lipinski definition) is 1. The van der Waals surface area contributed by atoms with Crippen LogP contribution in [-0.4, -0.2) is 4.92 Å². The van der Waals surface area contributed by atoms with Crippen LogP contribution in [0, 0.1) is 15.9 Å². The molecule has 0 unspecified atom stereocenters. The van der Waals surface area contributed by atoms with E-state index in [0.717, 1.165) is 6.07 Å². The van der Waals surface area contributed by atoms with Gasteiger partial charge in [-0.1, -0.05) is 29.8 Å². The molecule has 1 aromatic rings. The van der Waals surface area contributed by atoms with Gasteiger partial charge in [0.05, 0.1) is 4.92 Å². The normalized spacial score (nSPS) is 10.7. The first-order chi connectivity index (χ1) is 6.86. The number of nitrogens with zero attached hydrogens (tertiary/aromatic N) is 1. The highest BCUT2D eigenvalue weighted by molar-refractivity contribution is 9.10. The average Bonchev–Trinajstić information content (AvgIpc) is 2.09.